The topological polar surface area (TPSA) is 39.9 Å². The number of aryl methyl sites for hydroxylation is 1. The van der Waals surface area contributed by atoms with E-state index >= 15 is 0 Å². The minimum absolute atomic E-state index is 0.449. The van der Waals surface area contributed by atoms with Crippen LogP contribution in [-0.4, -0.2) is 21.9 Å². The first-order chi connectivity index (χ1) is 4.74. The van der Waals surface area contributed by atoms with Crippen LogP contribution in [0.5, 0.6) is 0 Å². The molecule has 1 aromatic heterocycles. The summed E-state index contributed by atoms with van der Waals surface area (Å²) in [5, 5.41) is 4.00. The van der Waals surface area contributed by atoms with Gasteiger partial charge in [-0.3, -0.25) is 0 Å². The average molecular weight is 206 g/mol. The van der Waals surface area contributed by atoms with Crippen molar-refractivity contribution in [2.24, 2.45) is 0 Å². The number of halogens is 1. The highest BCUT2D eigenvalue weighted by Gasteiger charge is 2.00. The number of ether oxygens (including phenoxy) is 1. The van der Waals surface area contributed by atoms with Gasteiger partial charge in [-0.2, -0.15) is 0 Å². The van der Waals surface area contributed by atoms with E-state index in [1.165, 1.54) is 0 Å². The Morgan fingerprint density at radius 1 is 1.70 bits per heavy atom. The minimum Gasteiger partial charge on any atom is -0.362 e. The summed E-state index contributed by atoms with van der Waals surface area (Å²) in [6, 6.07) is 0. The summed E-state index contributed by atoms with van der Waals surface area (Å²) in [6.45, 7) is 2.32. The maximum absolute atomic E-state index is 4.86. The van der Waals surface area contributed by atoms with Crippen molar-refractivity contribution in [1.82, 2.24) is 14.8 Å². The van der Waals surface area contributed by atoms with E-state index < -0.39 is 0 Å². The number of methoxy groups -OCH3 is 1. The monoisotopic (exact) mass is 205 g/mol. The lowest BCUT2D eigenvalue weighted by atomic mass is 10.7. The zero-order valence-electron chi connectivity index (χ0n) is 5.83. The molecule has 0 unspecified atom stereocenters. The van der Waals surface area contributed by atoms with Crippen LogP contribution in [0.15, 0.2) is 4.73 Å². The first-order valence-electron chi connectivity index (χ1n) is 2.80. The Morgan fingerprint density at radius 2 is 2.40 bits per heavy atom. The fraction of sp³-hybridized carbons (Fsp3) is 0.600. The SMILES string of the molecule is COCn1nc(Br)nc1C. The smallest absolute Gasteiger partial charge is 0.217 e. The molecule has 0 fully saturated rings. The van der Waals surface area contributed by atoms with Crippen molar-refractivity contribution in [3.05, 3.63) is 10.6 Å². The van der Waals surface area contributed by atoms with Crippen molar-refractivity contribution >= 4 is 15.9 Å². The lowest BCUT2D eigenvalue weighted by Crippen LogP contribution is -2.03. The molecule has 0 amide bonds. The summed E-state index contributed by atoms with van der Waals surface area (Å²) in [7, 11) is 1.62. The predicted octanol–water partition coefficient (Wildman–Crippen LogP) is 0.953. The Bertz CT molecular complexity index is 223. The summed E-state index contributed by atoms with van der Waals surface area (Å²) in [5.41, 5.74) is 0. The zero-order chi connectivity index (χ0) is 7.56. The van der Waals surface area contributed by atoms with E-state index in [-0.39, 0.29) is 0 Å². The number of hydrogen-bond acceptors (Lipinski definition) is 3. The molecule has 0 aliphatic carbocycles. The van der Waals surface area contributed by atoms with Crippen LogP contribution in [0, 0.1) is 6.92 Å². The highest BCUT2D eigenvalue weighted by Crippen LogP contribution is 2.03. The minimum atomic E-state index is 0.449. The molecular formula is C5H8BrN3O. The third kappa shape index (κ3) is 1.54. The molecule has 0 N–H and O–H groups in total. The van der Waals surface area contributed by atoms with Gasteiger partial charge in [0.15, 0.2) is 0 Å². The molecule has 0 spiro atoms. The maximum atomic E-state index is 4.86. The molecule has 1 rings (SSSR count). The highest BCUT2D eigenvalue weighted by atomic mass is 79.9. The van der Waals surface area contributed by atoms with E-state index in [4.69, 9.17) is 4.74 Å². The van der Waals surface area contributed by atoms with E-state index in [1.807, 2.05) is 6.92 Å². The fourth-order valence-electron chi connectivity index (χ4n) is 0.630. The van der Waals surface area contributed by atoms with Gasteiger partial charge < -0.3 is 4.74 Å². The van der Waals surface area contributed by atoms with Crippen LogP contribution in [0.1, 0.15) is 5.82 Å². The average Bonchev–Trinajstić information content (AvgIpc) is 2.13. The molecule has 10 heavy (non-hydrogen) atoms. The molecule has 0 aromatic carbocycles. The highest BCUT2D eigenvalue weighted by molar-refractivity contribution is 9.10. The lowest BCUT2D eigenvalue weighted by molar-refractivity contribution is 0.118. The molecular weight excluding hydrogens is 198 g/mol. The quantitative estimate of drug-likeness (QED) is 0.723. The second-order valence-electron chi connectivity index (χ2n) is 1.85. The molecule has 0 radical (unpaired) electrons. The Balaban J connectivity index is 2.81. The first-order valence-corrected chi connectivity index (χ1v) is 3.59. The molecule has 0 bridgehead atoms. The van der Waals surface area contributed by atoms with Gasteiger partial charge in [0.1, 0.15) is 12.6 Å². The van der Waals surface area contributed by atoms with Gasteiger partial charge in [0.2, 0.25) is 4.73 Å². The summed E-state index contributed by atoms with van der Waals surface area (Å²) in [5.74, 6) is 0.841. The molecule has 1 aromatic rings. The van der Waals surface area contributed by atoms with Gasteiger partial charge in [0, 0.05) is 7.11 Å². The molecule has 1 heterocycles. The van der Waals surface area contributed by atoms with Crippen molar-refractivity contribution < 1.29 is 4.74 Å². The maximum Gasteiger partial charge on any atom is 0.217 e. The van der Waals surface area contributed by atoms with Gasteiger partial charge >= 0.3 is 0 Å². The van der Waals surface area contributed by atoms with Crippen LogP contribution in [0.25, 0.3) is 0 Å². The van der Waals surface area contributed by atoms with Crippen LogP contribution in [0.3, 0.4) is 0 Å². The fourth-order valence-corrected chi connectivity index (χ4v) is 1.08. The van der Waals surface area contributed by atoms with Crippen LogP contribution >= 0.6 is 15.9 Å². The van der Waals surface area contributed by atoms with Crippen molar-refractivity contribution in [2.45, 2.75) is 13.7 Å². The van der Waals surface area contributed by atoms with Crippen LogP contribution < -0.4 is 0 Å². The third-order valence-electron chi connectivity index (χ3n) is 1.08. The molecule has 56 valence electrons. The van der Waals surface area contributed by atoms with E-state index in [1.54, 1.807) is 11.8 Å². The van der Waals surface area contributed by atoms with E-state index in [0.29, 0.717) is 11.5 Å². The Labute approximate surface area is 67.3 Å². The Kier molecular flexibility index (Phi) is 2.39. The second kappa shape index (κ2) is 3.12. The van der Waals surface area contributed by atoms with Gasteiger partial charge in [-0.25, -0.2) is 9.67 Å². The van der Waals surface area contributed by atoms with Crippen LogP contribution in [-0.2, 0) is 11.5 Å². The lowest BCUT2D eigenvalue weighted by Gasteiger charge is -1.97. The Hall–Kier alpha value is -0.420. The van der Waals surface area contributed by atoms with Crippen molar-refractivity contribution in [1.29, 1.82) is 0 Å². The van der Waals surface area contributed by atoms with Gasteiger partial charge in [-0.1, -0.05) is 0 Å². The van der Waals surface area contributed by atoms with Crippen molar-refractivity contribution in [3.8, 4) is 0 Å². The Morgan fingerprint density at radius 3 is 2.80 bits per heavy atom. The number of aromatic nitrogens is 3. The van der Waals surface area contributed by atoms with Crippen molar-refractivity contribution in [3.63, 3.8) is 0 Å². The third-order valence-corrected chi connectivity index (χ3v) is 1.42. The predicted molar refractivity (Wildman–Crippen MR) is 39.5 cm³/mol. The molecule has 5 heteroatoms. The van der Waals surface area contributed by atoms with Gasteiger partial charge in [0.25, 0.3) is 0 Å². The van der Waals surface area contributed by atoms with Gasteiger partial charge in [-0.15, -0.1) is 5.10 Å². The van der Waals surface area contributed by atoms with Crippen LogP contribution in [0.2, 0.25) is 0 Å². The largest absolute Gasteiger partial charge is 0.362 e. The van der Waals surface area contributed by atoms with Crippen LogP contribution in [0.4, 0.5) is 0 Å². The second-order valence-corrected chi connectivity index (χ2v) is 2.55. The van der Waals surface area contributed by atoms with Gasteiger partial charge in [-0.05, 0) is 22.9 Å². The first kappa shape index (κ1) is 7.68. The molecule has 0 aliphatic heterocycles. The molecule has 0 saturated carbocycles. The van der Waals surface area contributed by atoms with Gasteiger partial charge in [0.05, 0.1) is 0 Å². The zero-order valence-corrected chi connectivity index (χ0v) is 7.42. The van der Waals surface area contributed by atoms with E-state index in [2.05, 4.69) is 26.0 Å². The summed E-state index contributed by atoms with van der Waals surface area (Å²) in [6.07, 6.45) is 0. The molecule has 0 aliphatic rings. The number of rotatable bonds is 2. The summed E-state index contributed by atoms with van der Waals surface area (Å²) in [4.78, 5) is 4.02. The van der Waals surface area contributed by atoms with Crippen molar-refractivity contribution in [2.75, 3.05) is 7.11 Å². The number of nitrogens with zero attached hydrogens (tertiary/aromatic N) is 3. The van der Waals surface area contributed by atoms with E-state index in [9.17, 15) is 0 Å². The normalized spacial score (nSPS) is 10.3. The summed E-state index contributed by atoms with van der Waals surface area (Å²) < 4.78 is 7.13. The molecule has 4 nitrogen and oxygen atoms in total. The number of hydrogen-bond donors (Lipinski definition) is 0. The molecule has 0 atom stereocenters. The summed E-state index contributed by atoms with van der Waals surface area (Å²) >= 11 is 3.15. The molecule has 0 saturated heterocycles. The standard InChI is InChI=1S/C5H8BrN3O/c1-4-7-5(6)8-9(4)3-10-2/h3H2,1-2H3. The van der Waals surface area contributed by atoms with E-state index in [0.717, 1.165) is 5.82 Å².